The Hall–Kier alpha value is -3.27. The lowest BCUT2D eigenvalue weighted by Crippen LogP contribution is -2.41. The molecule has 2 aliphatic heterocycles. The number of nitrogens with one attached hydrogen (secondary N) is 1. The first kappa shape index (κ1) is 21.0. The van der Waals surface area contributed by atoms with Gasteiger partial charge in [0.2, 0.25) is 0 Å². The van der Waals surface area contributed by atoms with E-state index in [9.17, 15) is 18.0 Å². The fourth-order valence-electron chi connectivity index (χ4n) is 3.44. The molecule has 2 aliphatic rings. The number of rotatable bonds is 6. The zero-order chi connectivity index (χ0) is 22.1. The van der Waals surface area contributed by atoms with Gasteiger partial charge in [0.15, 0.2) is 11.5 Å². The van der Waals surface area contributed by atoms with Gasteiger partial charge in [-0.3, -0.25) is 9.69 Å². The first-order valence-corrected chi connectivity index (χ1v) is 11.4. The predicted molar refractivity (Wildman–Crippen MR) is 111 cm³/mol. The highest BCUT2D eigenvalue weighted by Crippen LogP contribution is 2.36. The maximum atomic E-state index is 13.1. The predicted octanol–water partition coefficient (Wildman–Crippen LogP) is 2.02. The van der Waals surface area contributed by atoms with Gasteiger partial charge >= 0.3 is 16.1 Å². The van der Waals surface area contributed by atoms with Gasteiger partial charge in [-0.2, -0.15) is 8.42 Å². The molecule has 2 aromatic rings. The van der Waals surface area contributed by atoms with Gasteiger partial charge in [0, 0.05) is 13.0 Å². The lowest BCUT2D eigenvalue weighted by Gasteiger charge is -2.23. The minimum Gasteiger partial charge on any atom is -0.490 e. The third-order valence-electron chi connectivity index (χ3n) is 5.13. The van der Waals surface area contributed by atoms with Crippen molar-refractivity contribution in [3.63, 3.8) is 0 Å². The van der Waals surface area contributed by atoms with Gasteiger partial charge in [-0.1, -0.05) is 24.3 Å². The summed E-state index contributed by atoms with van der Waals surface area (Å²) in [6, 6.07) is 12.4. The van der Waals surface area contributed by atoms with Crippen LogP contribution in [-0.2, 0) is 20.5 Å². The summed E-state index contributed by atoms with van der Waals surface area (Å²) in [5.41, 5.74) is -0.841. The van der Waals surface area contributed by atoms with Crippen molar-refractivity contribution in [3.8, 4) is 17.2 Å². The Morgan fingerprint density at radius 1 is 1.06 bits per heavy atom. The molecule has 31 heavy (non-hydrogen) atoms. The molecule has 9 nitrogen and oxygen atoms in total. The molecule has 0 aliphatic carbocycles. The summed E-state index contributed by atoms with van der Waals surface area (Å²) in [5, 5.41) is 2.66. The fraction of sp³-hybridized carbons (Fsp3) is 0.333. The third kappa shape index (κ3) is 4.29. The van der Waals surface area contributed by atoms with E-state index in [1.165, 1.54) is 12.1 Å². The summed E-state index contributed by atoms with van der Waals surface area (Å²) in [5.74, 6) is 0.148. The number of amides is 3. The van der Waals surface area contributed by atoms with Crippen LogP contribution in [0.3, 0.4) is 0 Å². The lowest BCUT2D eigenvalue weighted by molar-refractivity contribution is -0.130. The summed E-state index contributed by atoms with van der Waals surface area (Å²) in [6.07, 6.45) is 0.740. The van der Waals surface area contributed by atoms with Crippen LogP contribution in [-0.4, -0.2) is 50.8 Å². The molecular formula is C21H22N2O7S. The first-order valence-electron chi connectivity index (χ1n) is 9.80. The van der Waals surface area contributed by atoms with Gasteiger partial charge in [0.1, 0.15) is 17.0 Å². The minimum atomic E-state index is -4.00. The minimum absolute atomic E-state index is 0.164. The molecule has 0 unspecified atom stereocenters. The van der Waals surface area contributed by atoms with E-state index < -0.39 is 33.3 Å². The van der Waals surface area contributed by atoms with Crippen molar-refractivity contribution in [3.05, 3.63) is 54.1 Å². The maximum Gasteiger partial charge on any atom is 0.325 e. The number of carbonyl (C=O) groups excluding carboxylic acids is 2. The molecule has 1 saturated heterocycles. The van der Waals surface area contributed by atoms with Crippen molar-refractivity contribution in [2.45, 2.75) is 18.9 Å². The Labute approximate surface area is 180 Å². The number of fused-ring (bicyclic) bond motifs is 1. The molecule has 0 aromatic heterocycles. The summed E-state index contributed by atoms with van der Waals surface area (Å²) in [4.78, 5) is 26.5. The molecule has 164 valence electrons. The standard InChI is InChI=1S/C21H22N2O7S/c1-21(15-8-9-17-18(14-15)29-12-5-11-28-17)19(24)23(20(25)22-21)10-13-31(26,27)30-16-6-3-2-4-7-16/h2-4,6-9,14H,5,10-13H2,1H3,(H,22,25)/t21-/m1/s1. The zero-order valence-corrected chi connectivity index (χ0v) is 17.7. The molecule has 0 spiro atoms. The van der Waals surface area contributed by atoms with Gasteiger partial charge in [-0.05, 0) is 36.8 Å². The van der Waals surface area contributed by atoms with Crippen LogP contribution in [0.25, 0.3) is 0 Å². The maximum absolute atomic E-state index is 13.1. The van der Waals surface area contributed by atoms with E-state index in [4.69, 9.17) is 13.7 Å². The summed E-state index contributed by atoms with van der Waals surface area (Å²) in [7, 11) is -4.00. The van der Waals surface area contributed by atoms with Crippen LogP contribution in [0, 0.1) is 0 Å². The second-order valence-electron chi connectivity index (χ2n) is 7.38. The summed E-state index contributed by atoms with van der Waals surface area (Å²) >= 11 is 0. The number of nitrogens with zero attached hydrogens (tertiary/aromatic N) is 1. The number of urea groups is 1. The van der Waals surface area contributed by atoms with Gasteiger partial charge in [-0.25, -0.2) is 4.79 Å². The Morgan fingerprint density at radius 3 is 2.52 bits per heavy atom. The molecule has 4 rings (SSSR count). The number of hydrogen-bond acceptors (Lipinski definition) is 7. The van der Waals surface area contributed by atoms with Crippen molar-refractivity contribution in [2.75, 3.05) is 25.5 Å². The number of benzene rings is 2. The van der Waals surface area contributed by atoms with Crippen molar-refractivity contribution in [1.82, 2.24) is 10.2 Å². The normalized spacial score (nSPS) is 20.9. The molecule has 10 heteroatoms. The third-order valence-corrected chi connectivity index (χ3v) is 6.26. The second-order valence-corrected chi connectivity index (χ2v) is 9.07. The van der Waals surface area contributed by atoms with E-state index >= 15 is 0 Å². The van der Waals surface area contributed by atoms with E-state index in [0.717, 1.165) is 11.3 Å². The van der Waals surface area contributed by atoms with Crippen LogP contribution >= 0.6 is 0 Å². The average molecular weight is 446 g/mol. The van der Waals surface area contributed by atoms with Crippen molar-refractivity contribution in [2.24, 2.45) is 0 Å². The van der Waals surface area contributed by atoms with Crippen LogP contribution in [0.15, 0.2) is 48.5 Å². The van der Waals surface area contributed by atoms with Crippen molar-refractivity contribution in [1.29, 1.82) is 0 Å². The largest absolute Gasteiger partial charge is 0.490 e. The topological polar surface area (TPSA) is 111 Å². The van der Waals surface area contributed by atoms with E-state index in [-0.39, 0.29) is 12.3 Å². The highest BCUT2D eigenvalue weighted by atomic mass is 32.2. The van der Waals surface area contributed by atoms with Crippen LogP contribution in [0.1, 0.15) is 18.9 Å². The molecule has 1 N–H and O–H groups in total. The number of hydrogen-bond donors (Lipinski definition) is 1. The van der Waals surface area contributed by atoms with Crippen LogP contribution in [0.5, 0.6) is 17.2 Å². The molecule has 0 radical (unpaired) electrons. The monoisotopic (exact) mass is 446 g/mol. The SMILES string of the molecule is C[C@]1(c2ccc3c(c2)OCCCO3)NC(=O)N(CCS(=O)(=O)Oc2ccccc2)C1=O. The van der Waals surface area contributed by atoms with E-state index in [0.29, 0.717) is 30.3 Å². The molecule has 0 bridgehead atoms. The van der Waals surface area contributed by atoms with Crippen LogP contribution < -0.4 is 19.0 Å². The molecule has 2 aromatic carbocycles. The van der Waals surface area contributed by atoms with Crippen molar-refractivity contribution < 1.29 is 31.7 Å². The Balaban J connectivity index is 1.49. The highest BCUT2D eigenvalue weighted by Gasteiger charge is 2.49. The van der Waals surface area contributed by atoms with E-state index in [1.54, 1.807) is 43.3 Å². The van der Waals surface area contributed by atoms with Crippen LogP contribution in [0.4, 0.5) is 4.79 Å². The highest BCUT2D eigenvalue weighted by molar-refractivity contribution is 7.87. The molecular weight excluding hydrogens is 424 g/mol. The quantitative estimate of drug-likeness (QED) is 0.534. The van der Waals surface area contributed by atoms with E-state index in [1.807, 2.05) is 0 Å². The van der Waals surface area contributed by atoms with Gasteiger partial charge < -0.3 is 19.0 Å². The Bertz CT molecular complexity index is 1100. The molecule has 1 atom stereocenters. The lowest BCUT2D eigenvalue weighted by atomic mass is 9.91. The Kier molecular flexibility index (Phi) is 5.48. The molecule has 0 saturated carbocycles. The average Bonchev–Trinajstić information content (AvgIpc) is 2.89. The number of carbonyl (C=O) groups is 2. The number of para-hydroxylation sites is 1. The number of imide groups is 1. The summed E-state index contributed by atoms with van der Waals surface area (Å²) in [6.45, 7) is 2.26. The fourth-order valence-corrected chi connectivity index (χ4v) is 4.33. The smallest absolute Gasteiger partial charge is 0.325 e. The zero-order valence-electron chi connectivity index (χ0n) is 16.9. The molecule has 1 fully saturated rings. The van der Waals surface area contributed by atoms with Crippen molar-refractivity contribution >= 4 is 22.1 Å². The summed E-state index contributed by atoms with van der Waals surface area (Å²) < 4.78 is 40.8. The van der Waals surface area contributed by atoms with Gasteiger partial charge in [0.05, 0.1) is 13.2 Å². The molecule has 2 heterocycles. The van der Waals surface area contributed by atoms with Crippen LogP contribution in [0.2, 0.25) is 0 Å². The Morgan fingerprint density at radius 2 is 1.77 bits per heavy atom. The van der Waals surface area contributed by atoms with Gasteiger partial charge in [0.25, 0.3) is 5.91 Å². The molecule has 3 amide bonds. The second kappa shape index (κ2) is 8.10. The first-order chi connectivity index (χ1) is 14.8. The number of ether oxygens (including phenoxy) is 2. The van der Waals surface area contributed by atoms with E-state index in [2.05, 4.69) is 5.32 Å². The van der Waals surface area contributed by atoms with Gasteiger partial charge in [-0.15, -0.1) is 0 Å².